The van der Waals surface area contributed by atoms with Crippen molar-refractivity contribution in [3.05, 3.63) is 57.1 Å². The number of methoxy groups -OCH3 is 1. The largest absolute Gasteiger partial charge is 0.497 e. The maximum atomic E-state index is 11.8. The lowest BCUT2D eigenvalue weighted by atomic mass is 10.1. The van der Waals surface area contributed by atoms with Crippen LogP contribution in [0.3, 0.4) is 0 Å². The highest BCUT2D eigenvalue weighted by Crippen LogP contribution is 2.62. The molecule has 3 N–H and O–H groups in total. The number of rotatable bonds is 8. The smallest absolute Gasteiger partial charge is 0.442 e. The van der Waals surface area contributed by atoms with Crippen molar-refractivity contribution in [1.29, 1.82) is 0 Å². The molecule has 2 aliphatic rings. The van der Waals surface area contributed by atoms with Gasteiger partial charge in [0.1, 0.15) is 17.8 Å². The van der Waals surface area contributed by atoms with Crippen LogP contribution in [-0.2, 0) is 35.7 Å². The maximum absolute atomic E-state index is 11.8. The molecule has 1 fully saturated rings. The van der Waals surface area contributed by atoms with E-state index in [4.69, 9.17) is 18.9 Å². The van der Waals surface area contributed by atoms with Gasteiger partial charge in [-0.1, -0.05) is 12.1 Å². The van der Waals surface area contributed by atoms with Crippen LogP contribution in [0.2, 0.25) is 0 Å². The first-order valence-electron chi connectivity index (χ1n) is 10.4. The molecule has 11 nitrogen and oxygen atoms in total. The molecule has 35 heavy (non-hydrogen) atoms. The Kier molecular flexibility index (Phi) is 7.19. The van der Waals surface area contributed by atoms with Gasteiger partial charge in [-0.2, -0.15) is 0 Å². The van der Waals surface area contributed by atoms with Crippen molar-refractivity contribution in [2.75, 3.05) is 13.7 Å². The summed E-state index contributed by atoms with van der Waals surface area (Å²) in [5.74, 6) is 4.49. The first-order valence-corrected chi connectivity index (χ1v) is 12.8. The molecule has 13 heteroatoms. The summed E-state index contributed by atoms with van der Waals surface area (Å²) in [5.41, 5.74) is 1.51. The molecule has 2 aliphatic heterocycles. The van der Waals surface area contributed by atoms with E-state index in [1.54, 1.807) is 7.11 Å². The van der Waals surface area contributed by atoms with E-state index in [1.807, 2.05) is 36.4 Å². The minimum atomic E-state index is -2.92. The number of benzene rings is 1. The Morgan fingerprint density at radius 3 is 2.60 bits per heavy atom. The standard InChI is InChI=1S/C22H23N5O6S2/c1-14(28)24-11-17-7-8-19(34-17)18-12-35(32-20(29)21(30)33-35)22(26-18)25-13-27(23)10-9-15-3-5-16(31-2)6-4-15/h3-8,12-13H,9-11,23H2,1-2H3,(H,24,28)/b25-13+. The zero-order valence-corrected chi connectivity index (χ0v) is 20.6. The lowest BCUT2D eigenvalue weighted by Gasteiger charge is -2.26. The Morgan fingerprint density at radius 2 is 1.94 bits per heavy atom. The number of thiophene rings is 1. The molecule has 0 unspecified atom stereocenters. The fraction of sp³-hybridized carbons (Fsp3) is 0.227. The van der Waals surface area contributed by atoms with Gasteiger partial charge in [0.05, 0.1) is 23.9 Å². The summed E-state index contributed by atoms with van der Waals surface area (Å²) in [6.07, 6.45) is 2.00. The molecule has 3 heterocycles. The molecule has 0 radical (unpaired) electrons. The number of nitrogens with two attached hydrogens (primary N) is 1. The molecular formula is C22H23N5O6S2. The third kappa shape index (κ3) is 5.70. The average molecular weight is 518 g/mol. The minimum absolute atomic E-state index is 0.0448. The van der Waals surface area contributed by atoms with Gasteiger partial charge in [0.25, 0.3) is 5.17 Å². The van der Waals surface area contributed by atoms with Crippen LogP contribution in [0, 0.1) is 0 Å². The number of ether oxygens (including phenoxy) is 1. The van der Waals surface area contributed by atoms with Crippen LogP contribution in [0.25, 0.3) is 5.70 Å². The molecular weight excluding hydrogens is 494 g/mol. The number of carbonyl (C=O) groups is 3. The van der Waals surface area contributed by atoms with Gasteiger partial charge in [-0.3, -0.25) is 4.79 Å². The quantitative estimate of drug-likeness (QED) is 0.178. The number of hydrogen-bond acceptors (Lipinski definition) is 10. The van der Waals surface area contributed by atoms with Gasteiger partial charge in [-0.25, -0.2) is 25.4 Å². The summed E-state index contributed by atoms with van der Waals surface area (Å²) in [6.45, 7) is 2.26. The topological polar surface area (TPSA) is 145 Å². The SMILES string of the molecule is COc1ccc(CCN(N)/C=N/C2=NC(c3ccc(CNC(C)=O)s3)=CS23OC(=O)C(=O)O3)cc1. The number of carbonyl (C=O) groups excluding carboxylic acids is 3. The van der Waals surface area contributed by atoms with Crippen molar-refractivity contribution in [1.82, 2.24) is 10.3 Å². The summed E-state index contributed by atoms with van der Waals surface area (Å²) < 4.78 is 15.7. The van der Waals surface area contributed by atoms with E-state index >= 15 is 0 Å². The van der Waals surface area contributed by atoms with Gasteiger partial charge in [-0.05, 0) is 46.8 Å². The van der Waals surface area contributed by atoms with Gasteiger partial charge in [0.15, 0.2) is 0 Å². The molecule has 1 aromatic heterocycles. The number of hydrazine groups is 1. The number of aliphatic imine (C=N–C) groups is 2. The number of amides is 1. The summed E-state index contributed by atoms with van der Waals surface area (Å²) in [6, 6.07) is 11.3. The van der Waals surface area contributed by atoms with Crippen LogP contribution in [0.4, 0.5) is 0 Å². The van der Waals surface area contributed by atoms with Gasteiger partial charge in [0.2, 0.25) is 5.91 Å². The Morgan fingerprint density at radius 1 is 1.23 bits per heavy atom. The van der Waals surface area contributed by atoms with Gasteiger partial charge >= 0.3 is 11.9 Å². The summed E-state index contributed by atoms with van der Waals surface area (Å²) >= 11 is 1.40. The molecule has 2 aromatic rings. The lowest BCUT2D eigenvalue weighted by Crippen LogP contribution is -2.32. The van der Waals surface area contributed by atoms with Crippen LogP contribution in [0.5, 0.6) is 5.75 Å². The predicted molar refractivity (Wildman–Crippen MR) is 133 cm³/mol. The lowest BCUT2D eigenvalue weighted by molar-refractivity contribution is -0.150. The predicted octanol–water partition coefficient (Wildman–Crippen LogP) is 2.24. The van der Waals surface area contributed by atoms with E-state index in [-0.39, 0.29) is 11.1 Å². The van der Waals surface area contributed by atoms with Crippen LogP contribution < -0.4 is 15.9 Å². The number of nitrogens with one attached hydrogen (secondary N) is 1. The van der Waals surface area contributed by atoms with Crippen molar-refractivity contribution >= 4 is 57.0 Å². The molecule has 1 amide bonds. The minimum Gasteiger partial charge on any atom is -0.497 e. The highest BCUT2D eigenvalue weighted by molar-refractivity contribution is 8.41. The second-order valence-electron chi connectivity index (χ2n) is 7.44. The van der Waals surface area contributed by atoms with Crippen molar-refractivity contribution < 1.29 is 27.5 Å². The van der Waals surface area contributed by atoms with Gasteiger partial charge < -0.3 is 23.4 Å². The molecule has 184 valence electrons. The van der Waals surface area contributed by atoms with Crippen LogP contribution in [0.15, 0.2) is 51.8 Å². The Balaban J connectivity index is 1.48. The zero-order valence-electron chi connectivity index (χ0n) is 18.9. The second kappa shape index (κ2) is 10.3. The fourth-order valence-electron chi connectivity index (χ4n) is 3.09. The van der Waals surface area contributed by atoms with Crippen LogP contribution in [-0.4, -0.2) is 48.0 Å². The zero-order chi connectivity index (χ0) is 25.0. The third-order valence-electron chi connectivity index (χ3n) is 4.86. The molecule has 1 saturated heterocycles. The third-order valence-corrected chi connectivity index (χ3v) is 8.01. The first kappa shape index (κ1) is 24.4. The summed E-state index contributed by atoms with van der Waals surface area (Å²) in [5, 5.41) is 5.65. The number of amidine groups is 1. The van der Waals surface area contributed by atoms with Crippen molar-refractivity contribution in [3.8, 4) is 5.75 Å². The Hall–Kier alpha value is -3.68. The van der Waals surface area contributed by atoms with E-state index in [0.717, 1.165) is 21.1 Å². The first-order chi connectivity index (χ1) is 16.8. The van der Waals surface area contributed by atoms with E-state index in [1.165, 1.54) is 35.0 Å². The van der Waals surface area contributed by atoms with E-state index in [9.17, 15) is 14.4 Å². The molecule has 0 bridgehead atoms. The molecule has 0 atom stereocenters. The monoisotopic (exact) mass is 517 g/mol. The molecule has 4 rings (SSSR count). The molecule has 0 aliphatic carbocycles. The van der Waals surface area contributed by atoms with Crippen molar-refractivity contribution in [2.45, 2.75) is 19.9 Å². The maximum Gasteiger partial charge on any atom is 0.442 e. The van der Waals surface area contributed by atoms with Crippen LogP contribution in [0.1, 0.15) is 22.2 Å². The van der Waals surface area contributed by atoms with Crippen LogP contribution >= 0.6 is 21.9 Å². The van der Waals surface area contributed by atoms with Crippen molar-refractivity contribution in [3.63, 3.8) is 0 Å². The number of nitrogens with zero attached hydrogens (tertiary/aromatic N) is 3. The molecule has 1 spiro atoms. The highest BCUT2D eigenvalue weighted by Gasteiger charge is 2.47. The Bertz CT molecular complexity index is 1220. The highest BCUT2D eigenvalue weighted by atomic mass is 32.3. The normalized spacial score (nSPS) is 17.1. The summed E-state index contributed by atoms with van der Waals surface area (Å²) in [7, 11) is -1.31. The van der Waals surface area contributed by atoms with Crippen molar-refractivity contribution in [2.24, 2.45) is 15.8 Å². The number of hydrogen-bond donors (Lipinski definition) is 2. The molecule has 1 aromatic carbocycles. The average Bonchev–Trinajstić information content (AvgIpc) is 3.52. The van der Waals surface area contributed by atoms with Gasteiger partial charge in [-0.15, -0.1) is 11.3 Å². The summed E-state index contributed by atoms with van der Waals surface area (Å²) in [4.78, 5) is 45.2. The van der Waals surface area contributed by atoms with Gasteiger partial charge in [0, 0.05) is 18.3 Å². The Labute approximate surface area is 207 Å². The second-order valence-corrected chi connectivity index (χ2v) is 10.6. The van der Waals surface area contributed by atoms with E-state index < -0.39 is 22.5 Å². The fourth-order valence-corrected chi connectivity index (χ4v) is 5.94. The van der Waals surface area contributed by atoms with E-state index in [0.29, 0.717) is 25.2 Å². The van der Waals surface area contributed by atoms with E-state index in [2.05, 4.69) is 15.3 Å². The molecule has 0 saturated carbocycles.